The number of hydrogen-bond acceptors (Lipinski definition) is 6. The maximum Gasteiger partial charge on any atom is 0.220 e. The smallest absolute Gasteiger partial charge is 0.220 e. The van der Waals surface area contributed by atoms with E-state index in [9.17, 15) is 0 Å². The SMILES string of the molecule is Cc1nnc([C@@H]2C[C@@H]3OCC[C@@H]3N(Cc3ccoc3)C2)o1. The summed E-state index contributed by atoms with van der Waals surface area (Å²) in [6.07, 6.45) is 5.86. The molecule has 0 spiro atoms. The van der Waals surface area contributed by atoms with Gasteiger partial charge in [-0.3, -0.25) is 4.90 Å². The van der Waals surface area contributed by atoms with Crippen LogP contribution in [0.2, 0.25) is 0 Å². The maximum atomic E-state index is 5.91. The number of fused-ring (bicyclic) bond motifs is 1. The van der Waals surface area contributed by atoms with Crippen LogP contribution in [0.4, 0.5) is 0 Å². The number of rotatable bonds is 3. The highest BCUT2D eigenvalue weighted by molar-refractivity contribution is 5.09. The second-order valence-corrected chi connectivity index (χ2v) is 5.92. The van der Waals surface area contributed by atoms with Crippen LogP contribution in [0.1, 0.15) is 36.1 Å². The van der Waals surface area contributed by atoms with E-state index < -0.39 is 0 Å². The van der Waals surface area contributed by atoms with Crippen molar-refractivity contribution in [2.45, 2.75) is 44.4 Å². The number of furan rings is 1. The molecule has 112 valence electrons. The average Bonchev–Trinajstić information content (AvgIpc) is 3.18. The number of aromatic nitrogens is 2. The Balaban J connectivity index is 1.55. The fraction of sp³-hybridized carbons (Fsp3) is 0.600. The van der Waals surface area contributed by atoms with Gasteiger partial charge in [-0.25, -0.2) is 0 Å². The fourth-order valence-corrected chi connectivity index (χ4v) is 3.51. The number of aryl methyl sites for hydroxylation is 1. The standard InChI is InChI=1S/C15H19N3O3/c1-10-16-17-15(21-10)12-6-14-13(3-5-20-14)18(8-12)7-11-2-4-19-9-11/h2,4,9,12-14H,3,5-8H2,1H3/t12-,13+,14+/m1/s1. The summed E-state index contributed by atoms with van der Waals surface area (Å²) < 4.78 is 16.7. The highest BCUT2D eigenvalue weighted by atomic mass is 16.5. The molecule has 2 fully saturated rings. The van der Waals surface area contributed by atoms with Gasteiger partial charge in [0.25, 0.3) is 0 Å². The van der Waals surface area contributed by atoms with Gasteiger partial charge in [-0.05, 0) is 18.9 Å². The first-order chi connectivity index (χ1) is 10.3. The van der Waals surface area contributed by atoms with Crippen molar-refractivity contribution >= 4 is 0 Å². The lowest BCUT2D eigenvalue weighted by Gasteiger charge is -2.39. The molecule has 2 aliphatic heterocycles. The van der Waals surface area contributed by atoms with Gasteiger partial charge in [0.05, 0.1) is 24.5 Å². The lowest BCUT2D eigenvalue weighted by atomic mass is 9.89. The van der Waals surface area contributed by atoms with E-state index in [4.69, 9.17) is 13.6 Å². The van der Waals surface area contributed by atoms with Crippen LogP contribution in [0, 0.1) is 6.92 Å². The third-order valence-corrected chi connectivity index (χ3v) is 4.47. The number of ether oxygens (including phenoxy) is 1. The molecule has 21 heavy (non-hydrogen) atoms. The number of hydrogen-bond donors (Lipinski definition) is 0. The lowest BCUT2D eigenvalue weighted by Crippen LogP contribution is -2.48. The molecule has 0 unspecified atom stereocenters. The minimum atomic E-state index is 0.248. The quantitative estimate of drug-likeness (QED) is 0.862. The van der Waals surface area contributed by atoms with E-state index in [0.717, 1.165) is 38.4 Å². The summed E-state index contributed by atoms with van der Waals surface area (Å²) in [6.45, 7) is 4.48. The molecule has 2 aromatic rings. The largest absolute Gasteiger partial charge is 0.472 e. The van der Waals surface area contributed by atoms with E-state index in [2.05, 4.69) is 15.1 Å². The van der Waals surface area contributed by atoms with Gasteiger partial charge in [-0.2, -0.15) is 0 Å². The van der Waals surface area contributed by atoms with E-state index in [1.165, 1.54) is 5.56 Å². The van der Waals surface area contributed by atoms with Crippen molar-refractivity contribution in [2.75, 3.05) is 13.2 Å². The summed E-state index contributed by atoms with van der Waals surface area (Å²) in [6, 6.07) is 2.51. The van der Waals surface area contributed by atoms with Gasteiger partial charge < -0.3 is 13.6 Å². The molecule has 6 heteroatoms. The number of nitrogens with zero attached hydrogens (tertiary/aromatic N) is 3. The van der Waals surface area contributed by atoms with Gasteiger partial charge in [-0.15, -0.1) is 10.2 Å². The molecule has 0 amide bonds. The van der Waals surface area contributed by atoms with Crippen LogP contribution < -0.4 is 0 Å². The van der Waals surface area contributed by atoms with Gasteiger partial charge in [0.15, 0.2) is 0 Å². The molecule has 4 rings (SSSR count). The first-order valence-electron chi connectivity index (χ1n) is 7.46. The first kappa shape index (κ1) is 13.0. The highest BCUT2D eigenvalue weighted by Crippen LogP contribution is 2.36. The van der Waals surface area contributed by atoms with Gasteiger partial charge in [0.1, 0.15) is 0 Å². The Morgan fingerprint density at radius 2 is 2.33 bits per heavy atom. The molecule has 3 atom stereocenters. The second kappa shape index (κ2) is 5.27. The molecule has 6 nitrogen and oxygen atoms in total. The van der Waals surface area contributed by atoms with Crippen molar-refractivity contribution < 1.29 is 13.6 Å². The zero-order chi connectivity index (χ0) is 14.2. The minimum Gasteiger partial charge on any atom is -0.472 e. The van der Waals surface area contributed by atoms with Gasteiger partial charge in [-0.1, -0.05) is 0 Å². The summed E-state index contributed by atoms with van der Waals surface area (Å²) in [5, 5.41) is 8.15. The topological polar surface area (TPSA) is 64.5 Å². The van der Waals surface area contributed by atoms with E-state index in [1.54, 1.807) is 6.26 Å². The zero-order valence-electron chi connectivity index (χ0n) is 12.1. The molecule has 2 saturated heterocycles. The van der Waals surface area contributed by atoms with E-state index >= 15 is 0 Å². The molecule has 2 aromatic heterocycles. The van der Waals surface area contributed by atoms with Crippen molar-refractivity contribution in [3.8, 4) is 0 Å². The molecule has 0 N–H and O–H groups in total. The normalized spacial score (nSPS) is 29.7. The van der Waals surface area contributed by atoms with Gasteiger partial charge in [0.2, 0.25) is 11.8 Å². The van der Waals surface area contributed by atoms with Gasteiger partial charge >= 0.3 is 0 Å². The lowest BCUT2D eigenvalue weighted by molar-refractivity contribution is 0.00915. The Morgan fingerprint density at radius 1 is 1.38 bits per heavy atom. The van der Waals surface area contributed by atoms with Crippen LogP contribution in [-0.2, 0) is 11.3 Å². The molecular formula is C15H19N3O3. The summed E-state index contributed by atoms with van der Waals surface area (Å²) in [4.78, 5) is 2.47. The predicted molar refractivity (Wildman–Crippen MR) is 73.7 cm³/mol. The van der Waals surface area contributed by atoms with Crippen molar-refractivity contribution in [3.05, 3.63) is 35.9 Å². The molecule has 0 radical (unpaired) electrons. The van der Waals surface area contributed by atoms with Crippen LogP contribution in [0.15, 0.2) is 27.4 Å². The second-order valence-electron chi connectivity index (χ2n) is 5.92. The first-order valence-corrected chi connectivity index (χ1v) is 7.46. The number of likely N-dealkylation sites (tertiary alicyclic amines) is 1. The summed E-state index contributed by atoms with van der Waals surface area (Å²) in [7, 11) is 0. The van der Waals surface area contributed by atoms with Crippen molar-refractivity contribution in [1.82, 2.24) is 15.1 Å². The Kier molecular flexibility index (Phi) is 3.27. The van der Waals surface area contributed by atoms with Crippen LogP contribution in [0.3, 0.4) is 0 Å². The maximum absolute atomic E-state index is 5.91. The summed E-state index contributed by atoms with van der Waals surface area (Å²) >= 11 is 0. The Hall–Kier alpha value is -1.66. The molecule has 0 aliphatic carbocycles. The van der Waals surface area contributed by atoms with E-state index in [-0.39, 0.29) is 12.0 Å². The molecule has 0 aromatic carbocycles. The fourth-order valence-electron chi connectivity index (χ4n) is 3.51. The summed E-state index contributed by atoms with van der Waals surface area (Å²) in [5.74, 6) is 1.61. The molecule has 4 heterocycles. The highest BCUT2D eigenvalue weighted by Gasteiger charge is 2.42. The van der Waals surface area contributed by atoms with Crippen LogP contribution >= 0.6 is 0 Å². The van der Waals surface area contributed by atoms with Gasteiger partial charge in [0, 0.05) is 38.2 Å². The van der Waals surface area contributed by atoms with E-state index in [1.807, 2.05) is 19.3 Å². The third-order valence-electron chi connectivity index (χ3n) is 4.47. The molecule has 0 bridgehead atoms. The average molecular weight is 289 g/mol. The monoisotopic (exact) mass is 289 g/mol. The molecular weight excluding hydrogens is 270 g/mol. The third kappa shape index (κ3) is 2.49. The summed E-state index contributed by atoms with van der Waals surface area (Å²) in [5.41, 5.74) is 1.20. The van der Waals surface area contributed by atoms with Crippen LogP contribution in [0.25, 0.3) is 0 Å². The molecule has 0 saturated carbocycles. The van der Waals surface area contributed by atoms with Crippen LogP contribution in [-0.4, -0.2) is 40.4 Å². The predicted octanol–water partition coefficient (Wildman–Crippen LogP) is 2.12. The Labute approximate surface area is 123 Å². The van der Waals surface area contributed by atoms with Crippen molar-refractivity contribution in [1.29, 1.82) is 0 Å². The van der Waals surface area contributed by atoms with Crippen LogP contribution in [0.5, 0.6) is 0 Å². The van der Waals surface area contributed by atoms with E-state index in [0.29, 0.717) is 11.9 Å². The molecule has 2 aliphatic rings. The Bertz CT molecular complexity index is 595. The van der Waals surface area contributed by atoms with Crippen molar-refractivity contribution in [3.63, 3.8) is 0 Å². The Morgan fingerprint density at radius 3 is 3.10 bits per heavy atom. The zero-order valence-corrected chi connectivity index (χ0v) is 12.1. The van der Waals surface area contributed by atoms with Crippen molar-refractivity contribution in [2.24, 2.45) is 0 Å². The number of piperidine rings is 1. The minimum absolute atomic E-state index is 0.248.